The normalized spacial score (nSPS) is 21.7. The molecule has 1 fully saturated rings. The third-order valence-electron chi connectivity index (χ3n) is 4.22. The molecule has 1 aliphatic heterocycles. The lowest BCUT2D eigenvalue weighted by atomic mass is 9.93. The third kappa shape index (κ3) is 3.55. The van der Waals surface area contributed by atoms with Crippen LogP contribution in [-0.4, -0.2) is 39.4 Å². The van der Waals surface area contributed by atoms with Crippen LogP contribution in [0.4, 0.5) is 5.69 Å². The molecule has 0 aliphatic carbocycles. The number of pyridine rings is 1. The van der Waals surface area contributed by atoms with E-state index < -0.39 is 15.4 Å². The van der Waals surface area contributed by atoms with Crippen LogP contribution in [0, 0.1) is 0 Å². The van der Waals surface area contributed by atoms with Crippen molar-refractivity contribution in [3.05, 3.63) is 53.3 Å². The van der Waals surface area contributed by atoms with Gasteiger partial charge >= 0.3 is 0 Å². The highest BCUT2D eigenvalue weighted by Gasteiger charge is 2.34. The number of sulfone groups is 1. The summed E-state index contributed by atoms with van der Waals surface area (Å²) in [6.07, 6.45) is 4.24. The van der Waals surface area contributed by atoms with Gasteiger partial charge in [0.25, 0.3) is 0 Å². The maximum Gasteiger partial charge on any atom is 0.177 e. The second kappa shape index (κ2) is 6.35. The van der Waals surface area contributed by atoms with E-state index in [1.165, 1.54) is 12.5 Å². The number of aromatic nitrogens is 1. The Morgan fingerprint density at radius 3 is 2.62 bits per heavy atom. The first kappa shape index (κ1) is 17.2. The van der Waals surface area contributed by atoms with Gasteiger partial charge in [-0.3, -0.25) is 4.98 Å². The molecule has 1 aromatic heterocycles. The van der Waals surface area contributed by atoms with Gasteiger partial charge < -0.3 is 9.64 Å². The predicted molar refractivity (Wildman–Crippen MR) is 94.3 cm³/mol. The number of hydrogen-bond acceptors (Lipinski definition) is 5. The van der Waals surface area contributed by atoms with Crippen LogP contribution >= 0.6 is 11.6 Å². The molecule has 0 saturated carbocycles. The second-order valence-corrected chi connectivity index (χ2v) is 8.61. The first-order valence-electron chi connectivity index (χ1n) is 7.58. The van der Waals surface area contributed by atoms with Crippen molar-refractivity contribution in [2.24, 2.45) is 0 Å². The lowest BCUT2D eigenvalue weighted by Crippen LogP contribution is -2.48. The van der Waals surface area contributed by atoms with Crippen molar-refractivity contribution in [1.29, 1.82) is 0 Å². The molecule has 0 N–H and O–H groups in total. The Hall–Kier alpha value is -1.63. The van der Waals surface area contributed by atoms with Crippen LogP contribution in [0.15, 0.2) is 47.6 Å². The number of anilines is 1. The van der Waals surface area contributed by atoms with Crippen LogP contribution in [0.5, 0.6) is 0 Å². The molecule has 0 amide bonds. The average molecular weight is 367 g/mol. The van der Waals surface area contributed by atoms with Gasteiger partial charge in [-0.05, 0) is 30.7 Å². The van der Waals surface area contributed by atoms with Gasteiger partial charge in [0.15, 0.2) is 9.84 Å². The minimum absolute atomic E-state index is 0.222. The molecule has 2 heterocycles. The van der Waals surface area contributed by atoms with Crippen molar-refractivity contribution in [1.82, 2.24) is 4.98 Å². The van der Waals surface area contributed by atoms with Crippen molar-refractivity contribution < 1.29 is 13.2 Å². The summed E-state index contributed by atoms with van der Waals surface area (Å²) >= 11 is 5.96. The molecule has 1 unspecified atom stereocenters. The summed E-state index contributed by atoms with van der Waals surface area (Å²) in [4.78, 5) is 6.40. The SMILES string of the molecule is CC1(c2ccc(Cl)cc2)CN(c2cncc(S(C)(=O)=O)c2)CCO1. The molecule has 1 aromatic carbocycles. The Bertz CT molecular complexity index is 839. The number of morpholine rings is 1. The highest BCUT2D eigenvalue weighted by Crippen LogP contribution is 2.32. The Morgan fingerprint density at radius 1 is 1.25 bits per heavy atom. The topological polar surface area (TPSA) is 59.5 Å². The Morgan fingerprint density at radius 2 is 1.96 bits per heavy atom. The first-order valence-corrected chi connectivity index (χ1v) is 9.85. The molecule has 24 heavy (non-hydrogen) atoms. The van der Waals surface area contributed by atoms with E-state index in [9.17, 15) is 8.42 Å². The lowest BCUT2D eigenvalue weighted by molar-refractivity contribution is -0.0466. The fourth-order valence-corrected chi connectivity index (χ4v) is 3.56. The van der Waals surface area contributed by atoms with Gasteiger partial charge in [-0.1, -0.05) is 23.7 Å². The van der Waals surface area contributed by atoms with Crippen LogP contribution in [0.25, 0.3) is 0 Å². The smallest absolute Gasteiger partial charge is 0.177 e. The largest absolute Gasteiger partial charge is 0.367 e. The maximum atomic E-state index is 11.8. The molecule has 128 valence electrons. The Labute approximate surface area is 147 Å². The van der Waals surface area contributed by atoms with Gasteiger partial charge in [-0.25, -0.2) is 8.42 Å². The van der Waals surface area contributed by atoms with Gasteiger partial charge in [0.05, 0.1) is 29.9 Å². The van der Waals surface area contributed by atoms with Crippen LogP contribution < -0.4 is 4.90 Å². The summed E-state index contributed by atoms with van der Waals surface area (Å²) in [7, 11) is -3.28. The van der Waals surface area contributed by atoms with Crippen molar-refractivity contribution in [3.63, 3.8) is 0 Å². The molecule has 0 bridgehead atoms. The van der Waals surface area contributed by atoms with Gasteiger partial charge in [0.2, 0.25) is 0 Å². The molecular formula is C17H19ClN2O3S. The summed E-state index contributed by atoms with van der Waals surface area (Å²) < 4.78 is 29.5. The molecule has 0 radical (unpaired) electrons. The van der Waals surface area contributed by atoms with E-state index in [4.69, 9.17) is 16.3 Å². The van der Waals surface area contributed by atoms with Crippen molar-refractivity contribution in [2.45, 2.75) is 17.4 Å². The molecule has 1 atom stereocenters. The van der Waals surface area contributed by atoms with E-state index in [-0.39, 0.29) is 4.90 Å². The van der Waals surface area contributed by atoms with Crippen molar-refractivity contribution >= 4 is 27.1 Å². The zero-order valence-corrected chi connectivity index (χ0v) is 15.1. The summed E-state index contributed by atoms with van der Waals surface area (Å²) in [6.45, 7) is 3.85. The van der Waals surface area contributed by atoms with E-state index in [0.717, 1.165) is 11.3 Å². The number of hydrogen-bond donors (Lipinski definition) is 0. The van der Waals surface area contributed by atoms with Crippen LogP contribution in [0.3, 0.4) is 0 Å². The standard InChI is InChI=1S/C17H19ClN2O3S/c1-17(13-3-5-14(18)6-4-13)12-20(7-8-23-17)15-9-16(11-19-10-15)24(2,21)22/h3-6,9-11H,7-8,12H2,1-2H3. The quantitative estimate of drug-likeness (QED) is 0.835. The van der Waals surface area contributed by atoms with E-state index in [2.05, 4.69) is 9.88 Å². The molecule has 3 rings (SSSR count). The average Bonchev–Trinajstić information content (AvgIpc) is 2.55. The zero-order chi connectivity index (χ0) is 17.4. The van der Waals surface area contributed by atoms with E-state index >= 15 is 0 Å². The number of nitrogens with zero attached hydrogens (tertiary/aromatic N) is 2. The Kier molecular flexibility index (Phi) is 4.55. The summed E-state index contributed by atoms with van der Waals surface area (Å²) in [5.41, 5.74) is 1.31. The number of benzene rings is 1. The fourth-order valence-electron chi connectivity index (χ4n) is 2.85. The minimum Gasteiger partial charge on any atom is -0.367 e. The third-order valence-corrected chi connectivity index (χ3v) is 5.55. The van der Waals surface area contributed by atoms with Gasteiger partial charge in [-0.2, -0.15) is 0 Å². The molecule has 5 nitrogen and oxygen atoms in total. The number of halogens is 1. The molecule has 7 heteroatoms. The highest BCUT2D eigenvalue weighted by atomic mass is 35.5. The van der Waals surface area contributed by atoms with E-state index in [0.29, 0.717) is 24.7 Å². The maximum absolute atomic E-state index is 11.8. The van der Waals surface area contributed by atoms with Crippen LogP contribution in [0.2, 0.25) is 5.02 Å². The van der Waals surface area contributed by atoms with E-state index in [1.807, 2.05) is 31.2 Å². The van der Waals surface area contributed by atoms with E-state index in [1.54, 1.807) is 12.3 Å². The summed E-state index contributed by atoms with van der Waals surface area (Å²) in [5.74, 6) is 0. The van der Waals surface area contributed by atoms with Crippen molar-refractivity contribution in [2.75, 3.05) is 30.9 Å². The summed E-state index contributed by atoms with van der Waals surface area (Å²) in [6, 6.07) is 9.26. The first-order chi connectivity index (χ1) is 11.3. The lowest BCUT2D eigenvalue weighted by Gasteiger charge is -2.42. The highest BCUT2D eigenvalue weighted by molar-refractivity contribution is 7.90. The second-order valence-electron chi connectivity index (χ2n) is 6.16. The van der Waals surface area contributed by atoms with Gasteiger partial charge in [-0.15, -0.1) is 0 Å². The monoisotopic (exact) mass is 366 g/mol. The molecule has 1 aliphatic rings. The molecule has 1 saturated heterocycles. The molecule has 2 aromatic rings. The van der Waals surface area contributed by atoms with Gasteiger partial charge in [0, 0.05) is 24.0 Å². The van der Waals surface area contributed by atoms with Gasteiger partial charge in [0.1, 0.15) is 5.60 Å². The van der Waals surface area contributed by atoms with Crippen LogP contribution in [-0.2, 0) is 20.2 Å². The Balaban J connectivity index is 1.89. The fraction of sp³-hybridized carbons (Fsp3) is 0.353. The molecular weight excluding hydrogens is 348 g/mol. The summed E-state index contributed by atoms with van der Waals surface area (Å²) in [5, 5.41) is 0.681. The van der Waals surface area contributed by atoms with Crippen LogP contribution in [0.1, 0.15) is 12.5 Å². The zero-order valence-electron chi connectivity index (χ0n) is 13.6. The van der Waals surface area contributed by atoms with Crippen molar-refractivity contribution in [3.8, 4) is 0 Å². The number of ether oxygens (including phenoxy) is 1. The molecule has 0 spiro atoms. The predicted octanol–water partition coefficient (Wildman–Crippen LogP) is 2.89. The number of rotatable bonds is 3. The minimum atomic E-state index is -3.28.